The molecule has 0 bridgehead atoms. The second-order valence-corrected chi connectivity index (χ2v) is 4.15. The quantitative estimate of drug-likeness (QED) is 0.683. The van der Waals surface area contributed by atoms with Crippen LogP contribution in [-0.2, 0) is 0 Å². The smallest absolute Gasteiger partial charge is 0.204 e. The highest BCUT2D eigenvalue weighted by Crippen LogP contribution is 2.07. The molecule has 2 heteroatoms. The molecule has 0 fully saturated rings. The number of allylic oxidation sites excluding steroid dienone is 2. The zero-order valence-electron chi connectivity index (χ0n) is 11.2. The number of hydrogen-bond acceptors (Lipinski definition) is 0. The van der Waals surface area contributed by atoms with E-state index in [2.05, 4.69) is 23.7 Å². The van der Waals surface area contributed by atoms with Crippen LogP contribution in [0.15, 0.2) is 72.3 Å². The lowest BCUT2D eigenvalue weighted by Crippen LogP contribution is -1.93. The largest absolute Gasteiger partial charge is 0.272 e. The fourth-order valence-corrected chi connectivity index (χ4v) is 1.54. The van der Waals surface area contributed by atoms with E-state index in [0.29, 0.717) is 5.56 Å². The Morgan fingerprint density at radius 1 is 0.810 bits per heavy atom. The van der Waals surface area contributed by atoms with Crippen molar-refractivity contribution in [1.29, 1.82) is 0 Å². The Bertz CT molecular complexity index is 721. The van der Waals surface area contributed by atoms with Gasteiger partial charge in [-0.1, -0.05) is 60.1 Å². The zero-order valence-corrected chi connectivity index (χ0v) is 11.2. The molecule has 102 valence electrons. The standard InChI is InChI=1S/C19H12F2/c20-19(21)18(15-14-17-10-5-2-6-11-17)13-7-12-16-8-3-1-4-9-16/h1-6,8-11,13,19H/b18-13+. The van der Waals surface area contributed by atoms with Gasteiger partial charge in [0.2, 0.25) is 0 Å². The lowest BCUT2D eigenvalue weighted by atomic mass is 10.2. The van der Waals surface area contributed by atoms with Gasteiger partial charge in [0.25, 0.3) is 6.43 Å². The fourth-order valence-electron chi connectivity index (χ4n) is 1.54. The Hall–Kier alpha value is -2.84. The molecule has 0 nitrogen and oxygen atoms in total. The van der Waals surface area contributed by atoms with Crippen molar-refractivity contribution in [1.82, 2.24) is 0 Å². The normalized spacial score (nSPS) is 10.3. The molecule has 0 aliphatic heterocycles. The van der Waals surface area contributed by atoms with Crippen molar-refractivity contribution in [3.63, 3.8) is 0 Å². The minimum Gasteiger partial charge on any atom is -0.204 e. The third-order valence-electron chi connectivity index (χ3n) is 2.58. The molecule has 0 aliphatic carbocycles. The summed E-state index contributed by atoms with van der Waals surface area (Å²) in [5, 5.41) is 0. The molecular formula is C19H12F2. The summed E-state index contributed by atoms with van der Waals surface area (Å²) in [4.78, 5) is 0. The highest BCUT2D eigenvalue weighted by atomic mass is 19.3. The average molecular weight is 278 g/mol. The molecule has 0 aliphatic rings. The first-order valence-electron chi connectivity index (χ1n) is 6.37. The van der Waals surface area contributed by atoms with Gasteiger partial charge in [-0.15, -0.1) is 0 Å². The topological polar surface area (TPSA) is 0 Å². The van der Waals surface area contributed by atoms with Crippen molar-refractivity contribution < 1.29 is 8.78 Å². The SMILES string of the molecule is FC(F)/C(C#Cc1ccccc1)=C/C#Cc1ccccc1. The molecule has 2 rings (SSSR count). The van der Waals surface area contributed by atoms with Gasteiger partial charge in [0.05, 0.1) is 5.57 Å². The van der Waals surface area contributed by atoms with E-state index in [0.717, 1.165) is 5.56 Å². The summed E-state index contributed by atoms with van der Waals surface area (Å²) in [6, 6.07) is 18.2. The summed E-state index contributed by atoms with van der Waals surface area (Å²) in [6.45, 7) is 0. The Labute approximate surface area is 123 Å². The van der Waals surface area contributed by atoms with Crippen LogP contribution >= 0.6 is 0 Å². The predicted octanol–water partition coefficient (Wildman–Crippen LogP) is 4.28. The Morgan fingerprint density at radius 3 is 1.86 bits per heavy atom. The first-order chi connectivity index (χ1) is 10.3. The van der Waals surface area contributed by atoms with Crippen molar-refractivity contribution in [3.8, 4) is 23.7 Å². The van der Waals surface area contributed by atoms with Crippen molar-refractivity contribution in [2.75, 3.05) is 0 Å². The van der Waals surface area contributed by atoms with Crippen LogP contribution in [0.2, 0.25) is 0 Å². The maximum absolute atomic E-state index is 12.9. The molecule has 0 spiro atoms. The van der Waals surface area contributed by atoms with Gasteiger partial charge in [-0.05, 0) is 24.3 Å². The highest BCUT2D eigenvalue weighted by molar-refractivity contribution is 5.45. The maximum atomic E-state index is 12.9. The lowest BCUT2D eigenvalue weighted by molar-refractivity contribution is 0.195. The van der Waals surface area contributed by atoms with E-state index < -0.39 is 6.43 Å². The number of hydrogen-bond donors (Lipinski definition) is 0. The second kappa shape index (κ2) is 7.68. The molecule has 0 aromatic heterocycles. The molecule has 0 saturated carbocycles. The summed E-state index contributed by atoms with van der Waals surface area (Å²) in [6.07, 6.45) is -1.46. The van der Waals surface area contributed by atoms with Gasteiger partial charge in [-0.2, -0.15) is 0 Å². The molecule has 21 heavy (non-hydrogen) atoms. The summed E-state index contributed by atoms with van der Waals surface area (Å²) in [5.41, 5.74) is 1.20. The molecule has 0 amide bonds. The third kappa shape index (κ3) is 4.97. The Morgan fingerprint density at radius 2 is 1.33 bits per heavy atom. The molecule has 2 aromatic carbocycles. The summed E-state index contributed by atoms with van der Waals surface area (Å²) in [5.74, 6) is 10.6. The van der Waals surface area contributed by atoms with Crippen molar-refractivity contribution in [2.45, 2.75) is 6.43 Å². The van der Waals surface area contributed by atoms with E-state index in [4.69, 9.17) is 0 Å². The lowest BCUT2D eigenvalue weighted by Gasteiger charge is -1.94. The van der Waals surface area contributed by atoms with Crippen molar-refractivity contribution in [3.05, 3.63) is 83.4 Å². The molecule has 0 N–H and O–H groups in total. The summed E-state index contributed by atoms with van der Waals surface area (Å²) >= 11 is 0. The van der Waals surface area contributed by atoms with E-state index >= 15 is 0 Å². The number of benzene rings is 2. The fraction of sp³-hybridized carbons (Fsp3) is 0.0526. The van der Waals surface area contributed by atoms with Crippen molar-refractivity contribution in [2.24, 2.45) is 0 Å². The number of rotatable bonds is 1. The molecule has 2 aromatic rings. The summed E-state index contributed by atoms with van der Waals surface area (Å²) < 4.78 is 25.8. The third-order valence-corrected chi connectivity index (χ3v) is 2.58. The van der Waals surface area contributed by atoms with Crippen LogP contribution < -0.4 is 0 Å². The van der Waals surface area contributed by atoms with Crippen LogP contribution in [-0.4, -0.2) is 6.43 Å². The minimum absolute atomic E-state index is 0.276. The number of alkyl halides is 2. The first-order valence-corrected chi connectivity index (χ1v) is 6.37. The van der Waals surface area contributed by atoms with Crippen LogP contribution in [0, 0.1) is 23.7 Å². The van der Waals surface area contributed by atoms with Gasteiger partial charge < -0.3 is 0 Å². The molecular weight excluding hydrogens is 266 g/mol. The Balaban J connectivity index is 2.19. The van der Waals surface area contributed by atoms with Crippen molar-refractivity contribution >= 4 is 0 Å². The molecule has 0 unspecified atom stereocenters. The zero-order chi connectivity index (χ0) is 14.9. The van der Waals surface area contributed by atoms with E-state index in [-0.39, 0.29) is 5.57 Å². The van der Waals surface area contributed by atoms with Crippen LogP contribution in [0.1, 0.15) is 11.1 Å². The Kier molecular flexibility index (Phi) is 5.33. The van der Waals surface area contributed by atoms with Gasteiger partial charge >= 0.3 is 0 Å². The van der Waals surface area contributed by atoms with Gasteiger partial charge in [0.15, 0.2) is 0 Å². The van der Waals surface area contributed by atoms with E-state index in [1.807, 2.05) is 48.5 Å². The van der Waals surface area contributed by atoms with E-state index in [9.17, 15) is 8.78 Å². The molecule has 0 saturated heterocycles. The van der Waals surface area contributed by atoms with Crippen LogP contribution in [0.5, 0.6) is 0 Å². The van der Waals surface area contributed by atoms with E-state index in [1.165, 1.54) is 6.08 Å². The van der Waals surface area contributed by atoms with Gasteiger partial charge in [0, 0.05) is 17.2 Å². The molecule has 0 atom stereocenters. The van der Waals surface area contributed by atoms with Gasteiger partial charge in [-0.3, -0.25) is 0 Å². The van der Waals surface area contributed by atoms with Crippen LogP contribution in [0.3, 0.4) is 0 Å². The predicted molar refractivity (Wildman–Crippen MR) is 80.7 cm³/mol. The van der Waals surface area contributed by atoms with E-state index in [1.54, 1.807) is 12.1 Å². The summed E-state index contributed by atoms with van der Waals surface area (Å²) in [7, 11) is 0. The van der Waals surface area contributed by atoms with Gasteiger partial charge in [0.1, 0.15) is 0 Å². The van der Waals surface area contributed by atoms with Crippen LogP contribution in [0.4, 0.5) is 8.78 Å². The average Bonchev–Trinajstić information content (AvgIpc) is 2.52. The van der Waals surface area contributed by atoms with Crippen LogP contribution in [0.25, 0.3) is 0 Å². The second-order valence-electron chi connectivity index (χ2n) is 4.15. The highest BCUT2D eigenvalue weighted by Gasteiger charge is 2.06. The van der Waals surface area contributed by atoms with Gasteiger partial charge in [-0.25, -0.2) is 8.78 Å². The molecule has 0 radical (unpaired) electrons. The monoisotopic (exact) mass is 278 g/mol. The first kappa shape index (κ1) is 14.6. The molecule has 0 heterocycles. The minimum atomic E-state index is -2.63. The maximum Gasteiger partial charge on any atom is 0.272 e. The number of halogens is 2.